The van der Waals surface area contributed by atoms with E-state index < -0.39 is 0 Å². The fraction of sp³-hybridized carbons (Fsp3) is 0.444. The summed E-state index contributed by atoms with van der Waals surface area (Å²) in [5.74, 6) is 0.469. The average molecular weight is 423 g/mol. The lowest BCUT2D eigenvalue weighted by atomic mass is 10.2. The Labute approximate surface area is 170 Å². The van der Waals surface area contributed by atoms with Crippen LogP contribution in [-0.2, 0) is 17.1 Å². The molecule has 1 amide bonds. The molecular formula is C18H22N4O2S3. The molecule has 144 valence electrons. The number of nitrogens with zero attached hydrogens (tertiary/aromatic N) is 3. The predicted octanol–water partition coefficient (Wildman–Crippen LogP) is 4.58. The van der Waals surface area contributed by atoms with E-state index in [2.05, 4.69) is 17.2 Å². The van der Waals surface area contributed by atoms with Crippen LogP contribution in [0.4, 0.5) is 5.13 Å². The minimum atomic E-state index is -0.132. The fourth-order valence-corrected chi connectivity index (χ4v) is 5.50. The molecule has 3 heterocycles. The zero-order valence-corrected chi connectivity index (χ0v) is 18.2. The summed E-state index contributed by atoms with van der Waals surface area (Å²) in [5, 5.41) is 6.69. The second-order valence-corrected chi connectivity index (χ2v) is 9.29. The number of nitrogens with one attached hydrogen (secondary N) is 1. The molecule has 0 aliphatic rings. The molecule has 1 N–H and O–H groups in total. The van der Waals surface area contributed by atoms with E-state index in [9.17, 15) is 9.59 Å². The van der Waals surface area contributed by atoms with E-state index in [1.165, 1.54) is 30.0 Å². The predicted molar refractivity (Wildman–Crippen MR) is 114 cm³/mol. The highest BCUT2D eigenvalue weighted by atomic mass is 32.2. The number of carbonyl (C=O) groups is 1. The first-order chi connectivity index (χ1) is 12.9. The first-order valence-corrected chi connectivity index (χ1v) is 11.4. The van der Waals surface area contributed by atoms with Gasteiger partial charge < -0.3 is 5.32 Å². The lowest BCUT2D eigenvalue weighted by molar-refractivity contribution is -0.114. The number of anilines is 1. The Bertz CT molecular complexity index is 1040. The van der Waals surface area contributed by atoms with Crippen LogP contribution in [0.5, 0.6) is 0 Å². The first kappa shape index (κ1) is 20.0. The van der Waals surface area contributed by atoms with Crippen LogP contribution in [0.1, 0.15) is 42.8 Å². The molecule has 0 saturated carbocycles. The van der Waals surface area contributed by atoms with Crippen LogP contribution in [0.2, 0.25) is 0 Å². The van der Waals surface area contributed by atoms with E-state index in [-0.39, 0.29) is 11.5 Å². The highest BCUT2D eigenvalue weighted by molar-refractivity contribution is 7.98. The maximum atomic E-state index is 13.1. The summed E-state index contributed by atoms with van der Waals surface area (Å²) in [7, 11) is 0. The molecule has 3 aromatic heterocycles. The van der Waals surface area contributed by atoms with Crippen molar-refractivity contribution in [1.82, 2.24) is 14.5 Å². The molecule has 0 bridgehead atoms. The summed E-state index contributed by atoms with van der Waals surface area (Å²) in [6.45, 7) is 8.27. The minimum Gasteiger partial charge on any atom is -0.302 e. The molecular weight excluding hydrogens is 400 g/mol. The van der Waals surface area contributed by atoms with Crippen molar-refractivity contribution >= 4 is 55.7 Å². The topological polar surface area (TPSA) is 76.9 Å². The van der Waals surface area contributed by atoms with Gasteiger partial charge in [0.25, 0.3) is 5.56 Å². The molecule has 0 unspecified atom stereocenters. The summed E-state index contributed by atoms with van der Waals surface area (Å²) < 4.78 is 1.80. The first-order valence-electron chi connectivity index (χ1n) is 8.76. The molecule has 0 fully saturated rings. The normalized spacial score (nSPS) is 11.3. The van der Waals surface area contributed by atoms with Crippen LogP contribution >= 0.6 is 34.4 Å². The van der Waals surface area contributed by atoms with Crippen molar-refractivity contribution in [2.45, 2.75) is 58.0 Å². The van der Waals surface area contributed by atoms with Gasteiger partial charge in [-0.25, -0.2) is 9.97 Å². The zero-order chi connectivity index (χ0) is 19.6. The van der Waals surface area contributed by atoms with Gasteiger partial charge in [-0.15, -0.1) is 22.7 Å². The number of carbonyl (C=O) groups excluding carboxylic acids is 1. The Morgan fingerprint density at radius 1 is 1.33 bits per heavy atom. The Kier molecular flexibility index (Phi) is 6.33. The lowest BCUT2D eigenvalue weighted by Crippen LogP contribution is -2.23. The van der Waals surface area contributed by atoms with E-state index >= 15 is 0 Å². The molecule has 0 aliphatic heterocycles. The van der Waals surface area contributed by atoms with Crippen molar-refractivity contribution in [3.63, 3.8) is 0 Å². The van der Waals surface area contributed by atoms with E-state index in [1.54, 1.807) is 15.9 Å². The standard InChI is InChI=1S/C18H22N4O2S3/c1-5-6-7-22-16(24)14-10(2)11(3)27-15(14)21-18(22)26-9-13-8-25-17(20-13)19-12(4)23/h8H,5-7,9H2,1-4H3,(H,19,20,23). The molecule has 3 rings (SSSR count). The van der Waals surface area contributed by atoms with E-state index in [4.69, 9.17) is 4.98 Å². The zero-order valence-electron chi connectivity index (χ0n) is 15.8. The fourth-order valence-electron chi connectivity index (χ4n) is 2.65. The Morgan fingerprint density at radius 2 is 2.11 bits per heavy atom. The third-order valence-corrected chi connectivity index (χ3v) is 7.09. The van der Waals surface area contributed by atoms with E-state index in [0.717, 1.165) is 44.3 Å². The van der Waals surface area contributed by atoms with Gasteiger partial charge >= 0.3 is 0 Å². The number of thiophene rings is 1. The van der Waals surface area contributed by atoms with Crippen LogP contribution in [0.15, 0.2) is 15.3 Å². The number of aromatic nitrogens is 3. The third-order valence-electron chi connectivity index (χ3n) is 4.17. The number of rotatable bonds is 7. The van der Waals surface area contributed by atoms with Gasteiger partial charge in [0.1, 0.15) is 4.83 Å². The number of thioether (sulfide) groups is 1. The molecule has 3 aromatic rings. The maximum absolute atomic E-state index is 13.1. The number of fused-ring (bicyclic) bond motifs is 1. The monoisotopic (exact) mass is 422 g/mol. The number of hydrogen-bond acceptors (Lipinski definition) is 7. The summed E-state index contributed by atoms with van der Waals surface area (Å²) in [6, 6.07) is 0. The molecule has 27 heavy (non-hydrogen) atoms. The van der Waals surface area contributed by atoms with Gasteiger partial charge in [-0.3, -0.25) is 14.2 Å². The van der Waals surface area contributed by atoms with Gasteiger partial charge in [-0.05, 0) is 25.8 Å². The smallest absolute Gasteiger partial charge is 0.263 e. The molecule has 6 nitrogen and oxygen atoms in total. The van der Waals surface area contributed by atoms with E-state index in [0.29, 0.717) is 17.4 Å². The van der Waals surface area contributed by atoms with Gasteiger partial charge in [0.2, 0.25) is 5.91 Å². The van der Waals surface area contributed by atoms with E-state index in [1.807, 2.05) is 19.2 Å². The number of unbranched alkanes of at least 4 members (excludes halogenated alkanes) is 1. The van der Waals surface area contributed by atoms with Crippen LogP contribution in [-0.4, -0.2) is 20.4 Å². The van der Waals surface area contributed by atoms with Gasteiger partial charge in [0, 0.05) is 29.5 Å². The SMILES string of the molecule is CCCCn1c(SCc2csc(NC(C)=O)n2)nc2sc(C)c(C)c2c1=O. The highest BCUT2D eigenvalue weighted by Gasteiger charge is 2.17. The second-order valence-electron chi connectivity index (χ2n) is 6.28. The number of amides is 1. The third kappa shape index (κ3) is 4.41. The average Bonchev–Trinajstić information content (AvgIpc) is 3.16. The van der Waals surface area contributed by atoms with Gasteiger partial charge in [0.05, 0.1) is 11.1 Å². The quantitative estimate of drug-likeness (QED) is 0.445. The van der Waals surface area contributed by atoms with Gasteiger partial charge in [-0.1, -0.05) is 25.1 Å². The van der Waals surface area contributed by atoms with Crippen LogP contribution in [0.25, 0.3) is 10.2 Å². The summed E-state index contributed by atoms with van der Waals surface area (Å²) >= 11 is 4.49. The van der Waals surface area contributed by atoms with Crippen LogP contribution in [0, 0.1) is 13.8 Å². The van der Waals surface area contributed by atoms with Gasteiger partial charge in [-0.2, -0.15) is 0 Å². The van der Waals surface area contributed by atoms with Crippen molar-refractivity contribution < 1.29 is 4.79 Å². The lowest BCUT2D eigenvalue weighted by Gasteiger charge is -2.11. The molecule has 0 radical (unpaired) electrons. The molecule has 0 aromatic carbocycles. The number of thiazole rings is 1. The molecule has 0 saturated heterocycles. The number of hydrogen-bond donors (Lipinski definition) is 1. The molecule has 0 aliphatic carbocycles. The van der Waals surface area contributed by atoms with Crippen molar-refractivity contribution in [2.24, 2.45) is 0 Å². The molecule has 9 heteroatoms. The maximum Gasteiger partial charge on any atom is 0.263 e. The Balaban J connectivity index is 1.91. The van der Waals surface area contributed by atoms with Crippen molar-refractivity contribution in [2.75, 3.05) is 5.32 Å². The van der Waals surface area contributed by atoms with Crippen molar-refractivity contribution in [1.29, 1.82) is 0 Å². The minimum absolute atomic E-state index is 0.0509. The largest absolute Gasteiger partial charge is 0.302 e. The van der Waals surface area contributed by atoms with Crippen molar-refractivity contribution in [3.05, 3.63) is 31.9 Å². The molecule has 0 spiro atoms. The summed E-state index contributed by atoms with van der Waals surface area (Å²) in [6.07, 6.45) is 1.95. The number of aryl methyl sites for hydroxylation is 2. The van der Waals surface area contributed by atoms with Crippen LogP contribution < -0.4 is 10.9 Å². The summed E-state index contributed by atoms with van der Waals surface area (Å²) in [4.78, 5) is 35.4. The van der Waals surface area contributed by atoms with Crippen molar-refractivity contribution in [3.8, 4) is 0 Å². The Morgan fingerprint density at radius 3 is 2.81 bits per heavy atom. The Hall–Kier alpha value is -1.71. The van der Waals surface area contributed by atoms with Gasteiger partial charge in [0.15, 0.2) is 10.3 Å². The highest BCUT2D eigenvalue weighted by Crippen LogP contribution is 2.30. The summed E-state index contributed by atoms with van der Waals surface area (Å²) in [5.41, 5.74) is 1.95. The molecule has 0 atom stereocenters. The van der Waals surface area contributed by atoms with Crippen LogP contribution in [0.3, 0.4) is 0 Å². The second kappa shape index (κ2) is 8.53.